The summed E-state index contributed by atoms with van der Waals surface area (Å²) >= 11 is 0. The molecule has 0 amide bonds. The molecule has 2 N–H and O–H groups in total. The standard InChI is InChI=1S/C22H19F3N6O3/c23-22(24,25)21-9-20(10-21,11-21)17-16(31(32)33)18(26)29-19(28-17)12-4-6-34-15(7-12)13-8-27-30-5-2-1-3-14(13)30/h1-3,5,7-8,15H,4,6,9-11H2,(H2,26,28,29). The summed E-state index contributed by atoms with van der Waals surface area (Å²) in [5, 5.41) is 16.0. The molecule has 1 atom stereocenters. The topological polar surface area (TPSA) is 121 Å². The molecular weight excluding hydrogens is 453 g/mol. The van der Waals surface area contributed by atoms with Crippen LogP contribution in [0.1, 0.15) is 48.9 Å². The zero-order valence-corrected chi connectivity index (χ0v) is 17.7. The van der Waals surface area contributed by atoms with E-state index >= 15 is 0 Å². The highest BCUT2D eigenvalue weighted by Crippen LogP contribution is 2.79. The highest BCUT2D eigenvalue weighted by molar-refractivity contribution is 5.69. The van der Waals surface area contributed by atoms with Crippen LogP contribution in [0.3, 0.4) is 0 Å². The number of ether oxygens (including phenoxy) is 1. The average molecular weight is 472 g/mol. The predicted molar refractivity (Wildman–Crippen MR) is 114 cm³/mol. The second kappa shape index (κ2) is 6.75. The minimum absolute atomic E-state index is 0.00560. The van der Waals surface area contributed by atoms with Crippen molar-refractivity contribution in [2.24, 2.45) is 5.41 Å². The molecule has 3 fully saturated rings. The lowest BCUT2D eigenvalue weighted by Crippen LogP contribution is -2.70. The van der Waals surface area contributed by atoms with Gasteiger partial charge in [0, 0.05) is 17.2 Å². The van der Waals surface area contributed by atoms with Gasteiger partial charge in [0.2, 0.25) is 5.82 Å². The SMILES string of the molecule is Nc1nc(C2=CC(c3cnn4ccccc34)OCC2)nc(C23CC(C(F)(F)F)(C2)C3)c1[N+](=O)[O-]. The largest absolute Gasteiger partial charge is 0.394 e. The zero-order valence-electron chi connectivity index (χ0n) is 17.7. The van der Waals surface area contributed by atoms with Crippen molar-refractivity contribution in [3.8, 4) is 0 Å². The zero-order chi connectivity index (χ0) is 23.9. The highest BCUT2D eigenvalue weighted by Gasteiger charge is 2.80. The molecule has 3 aromatic heterocycles. The van der Waals surface area contributed by atoms with E-state index in [1.165, 1.54) is 0 Å². The maximum Gasteiger partial charge on any atom is 0.394 e. The lowest BCUT2D eigenvalue weighted by Gasteiger charge is -2.69. The van der Waals surface area contributed by atoms with E-state index in [0.717, 1.165) is 11.1 Å². The minimum atomic E-state index is -4.34. The molecule has 1 aliphatic heterocycles. The molecule has 7 rings (SSSR count). The molecule has 34 heavy (non-hydrogen) atoms. The number of aromatic nitrogens is 4. The van der Waals surface area contributed by atoms with Gasteiger partial charge in [0.1, 0.15) is 11.8 Å². The molecule has 0 radical (unpaired) electrons. The summed E-state index contributed by atoms with van der Waals surface area (Å²) in [6.07, 6.45) is 0.341. The average Bonchev–Trinajstić information content (AvgIpc) is 3.14. The van der Waals surface area contributed by atoms with Crippen LogP contribution >= 0.6 is 0 Å². The molecule has 1 unspecified atom stereocenters. The third kappa shape index (κ3) is 2.81. The van der Waals surface area contributed by atoms with E-state index in [0.29, 0.717) is 18.6 Å². The molecule has 2 bridgehead atoms. The first-order valence-electron chi connectivity index (χ1n) is 10.8. The Morgan fingerprint density at radius 2 is 2.00 bits per heavy atom. The Morgan fingerprint density at radius 1 is 1.24 bits per heavy atom. The number of alkyl halides is 3. The Labute approximate surface area is 190 Å². The van der Waals surface area contributed by atoms with Crippen molar-refractivity contribution in [2.45, 2.75) is 43.4 Å². The summed E-state index contributed by atoms with van der Waals surface area (Å²) in [5.74, 6) is -0.149. The molecule has 9 nitrogen and oxygen atoms in total. The van der Waals surface area contributed by atoms with Crippen molar-refractivity contribution in [2.75, 3.05) is 12.3 Å². The first-order valence-corrected chi connectivity index (χ1v) is 10.8. The molecule has 3 saturated carbocycles. The second-order valence-electron chi connectivity index (χ2n) is 9.34. The van der Waals surface area contributed by atoms with E-state index in [2.05, 4.69) is 15.1 Å². The third-order valence-corrected chi connectivity index (χ3v) is 7.30. The summed E-state index contributed by atoms with van der Waals surface area (Å²) < 4.78 is 47.8. The van der Waals surface area contributed by atoms with Crippen molar-refractivity contribution < 1.29 is 22.8 Å². The molecule has 3 aromatic rings. The fraction of sp³-hybridized carbons (Fsp3) is 0.409. The number of nitrogens with two attached hydrogens (primary N) is 1. The highest BCUT2D eigenvalue weighted by atomic mass is 19.4. The molecule has 4 heterocycles. The van der Waals surface area contributed by atoms with E-state index in [9.17, 15) is 23.3 Å². The smallest absolute Gasteiger partial charge is 0.378 e. The van der Waals surface area contributed by atoms with E-state index in [4.69, 9.17) is 10.5 Å². The van der Waals surface area contributed by atoms with E-state index in [-0.39, 0.29) is 36.6 Å². The summed E-state index contributed by atoms with van der Waals surface area (Å²) in [6, 6.07) is 5.65. The monoisotopic (exact) mass is 472 g/mol. The third-order valence-electron chi connectivity index (χ3n) is 7.30. The Hall–Kier alpha value is -3.54. The first kappa shape index (κ1) is 21.0. The number of fused-ring (bicyclic) bond motifs is 1. The van der Waals surface area contributed by atoms with Gasteiger partial charge in [0.25, 0.3) is 0 Å². The van der Waals surface area contributed by atoms with Gasteiger partial charge in [-0.2, -0.15) is 18.3 Å². The van der Waals surface area contributed by atoms with Gasteiger partial charge in [-0.1, -0.05) is 6.07 Å². The van der Waals surface area contributed by atoms with Gasteiger partial charge in [0.15, 0.2) is 5.82 Å². The molecule has 4 aliphatic rings. The van der Waals surface area contributed by atoms with Crippen LogP contribution in [0.15, 0.2) is 36.7 Å². The molecule has 12 heteroatoms. The Bertz CT molecular complexity index is 1360. The number of nitro groups is 1. The number of anilines is 1. The van der Waals surface area contributed by atoms with Crippen molar-refractivity contribution in [3.63, 3.8) is 0 Å². The van der Waals surface area contributed by atoms with Crippen LogP contribution in [0.4, 0.5) is 24.7 Å². The van der Waals surface area contributed by atoms with E-state index in [1.807, 2.05) is 30.5 Å². The number of nitrogens with zero attached hydrogens (tertiary/aromatic N) is 5. The van der Waals surface area contributed by atoms with Crippen molar-refractivity contribution >= 4 is 22.6 Å². The van der Waals surface area contributed by atoms with Crippen LogP contribution in [0.5, 0.6) is 0 Å². The fourth-order valence-electron chi connectivity index (χ4n) is 5.65. The molecule has 0 spiro atoms. The normalized spacial score (nSPS) is 28.2. The number of pyridine rings is 1. The van der Waals surface area contributed by atoms with Crippen LogP contribution in [0, 0.1) is 15.5 Å². The van der Waals surface area contributed by atoms with Crippen molar-refractivity contribution in [1.82, 2.24) is 19.6 Å². The Morgan fingerprint density at radius 3 is 2.71 bits per heavy atom. The van der Waals surface area contributed by atoms with E-state index < -0.39 is 33.7 Å². The van der Waals surface area contributed by atoms with Gasteiger partial charge in [-0.3, -0.25) is 10.1 Å². The lowest BCUT2D eigenvalue weighted by atomic mass is 9.34. The maximum atomic E-state index is 13.4. The maximum absolute atomic E-state index is 13.4. The van der Waals surface area contributed by atoms with Gasteiger partial charge in [-0.05, 0) is 49.5 Å². The minimum Gasteiger partial charge on any atom is -0.378 e. The molecule has 3 aliphatic carbocycles. The molecule has 0 saturated heterocycles. The summed E-state index contributed by atoms with van der Waals surface area (Å²) in [4.78, 5) is 19.6. The van der Waals surface area contributed by atoms with Gasteiger partial charge >= 0.3 is 11.9 Å². The van der Waals surface area contributed by atoms with Gasteiger partial charge in [0.05, 0.1) is 28.7 Å². The van der Waals surface area contributed by atoms with Crippen LogP contribution < -0.4 is 5.73 Å². The number of halogens is 3. The quantitative estimate of drug-likeness (QED) is 0.447. The van der Waals surface area contributed by atoms with E-state index in [1.54, 1.807) is 10.7 Å². The van der Waals surface area contributed by atoms with Crippen LogP contribution in [-0.4, -0.2) is 37.3 Å². The van der Waals surface area contributed by atoms with Crippen LogP contribution in [0.25, 0.3) is 11.1 Å². The van der Waals surface area contributed by atoms with Crippen LogP contribution in [0.2, 0.25) is 0 Å². The number of hydrogen-bond acceptors (Lipinski definition) is 7. The van der Waals surface area contributed by atoms with Gasteiger partial charge in [-0.25, -0.2) is 14.5 Å². The summed E-state index contributed by atoms with van der Waals surface area (Å²) in [7, 11) is 0. The molecule has 0 aromatic carbocycles. The van der Waals surface area contributed by atoms with Gasteiger partial charge in [-0.15, -0.1) is 0 Å². The van der Waals surface area contributed by atoms with Gasteiger partial charge < -0.3 is 10.5 Å². The second-order valence-corrected chi connectivity index (χ2v) is 9.34. The number of rotatable bonds is 4. The molecular formula is C22H19F3N6O3. The number of hydrogen-bond donors (Lipinski definition) is 1. The van der Waals surface area contributed by atoms with Crippen molar-refractivity contribution in [1.29, 1.82) is 0 Å². The fourth-order valence-corrected chi connectivity index (χ4v) is 5.65. The Kier molecular flexibility index (Phi) is 4.17. The number of nitrogen functional groups attached to an aromatic ring is 1. The summed E-state index contributed by atoms with van der Waals surface area (Å²) in [5.41, 5.74) is 5.08. The summed E-state index contributed by atoms with van der Waals surface area (Å²) in [6.45, 7) is 0.346. The first-order chi connectivity index (χ1) is 16.1. The lowest BCUT2D eigenvalue weighted by molar-refractivity contribution is -0.389. The Balaban J connectivity index is 1.39. The molecule has 176 valence electrons. The van der Waals surface area contributed by atoms with Crippen molar-refractivity contribution in [3.05, 3.63) is 63.9 Å². The van der Waals surface area contributed by atoms with Crippen LogP contribution in [-0.2, 0) is 10.2 Å². The predicted octanol–water partition coefficient (Wildman–Crippen LogP) is 4.14.